The lowest BCUT2D eigenvalue weighted by Crippen LogP contribution is -2.17. The van der Waals surface area contributed by atoms with E-state index in [1.54, 1.807) is 19.2 Å². The van der Waals surface area contributed by atoms with Crippen molar-refractivity contribution in [2.24, 2.45) is 0 Å². The van der Waals surface area contributed by atoms with Gasteiger partial charge in [-0.3, -0.25) is 9.89 Å². The lowest BCUT2D eigenvalue weighted by Gasteiger charge is -2.07. The van der Waals surface area contributed by atoms with Gasteiger partial charge >= 0.3 is 0 Å². The van der Waals surface area contributed by atoms with Crippen LogP contribution in [-0.4, -0.2) is 16.9 Å². The van der Waals surface area contributed by atoms with Crippen LogP contribution in [0.25, 0.3) is 5.69 Å². The van der Waals surface area contributed by atoms with Crippen molar-refractivity contribution in [3.05, 3.63) is 40.8 Å². The lowest BCUT2D eigenvalue weighted by atomic mass is 10.3. The van der Waals surface area contributed by atoms with Crippen LogP contribution in [0.5, 0.6) is 5.75 Å². The first-order valence-electron chi connectivity index (χ1n) is 4.43. The summed E-state index contributed by atoms with van der Waals surface area (Å²) in [5, 5.41) is 2.76. The van der Waals surface area contributed by atoms with Crippen molar-refractivity contribution < 1.29 is 4.74 Å². The number of anilines is 1. The summed E-state index contributed by atoms with van der Waals surface area (Å²) >= 11 is 0. The number of H-pyrrole nitrogens is 1. The highest BCUT2D eigenvalue weighted by Crippen LogP contribution is 2.19. The first kappa shape index (κ1) is 9.39. The summed E-state index contributed by atoms with van der Waals surface area (Å²) in [5.41, 5.74) is 6.01. The molecular weight excluding hydrogens is 194 g/mol. The van der Waals surface area contributed by atoms with Gasteiger partial charge in [-0.15, -0.1) is 0 Å². The van der Waals surface area contributed by atoms with Crippen LogP contribution in [0.3, 0.4) is 0 Å². The number of hydrogen-bond donors (Lipinski definition) is 2. The average Bonchev–Trinajstić information content (AvgIpc) is 2.60. The van der Waals surface area contributed by atoms with Gasteiger partial charge in [-0.2, -0.15) is 0 Å². The van der Waals surface area contributed by atoms with Crippen molar-refractivity contribution >= 4 is 5.69 Å². The van der Waals surface area contributed by atoms with Crippen LogP contribution < -0.4 is 16.0 Å². The molecule has 0 atom stereocenters. The Balaban J connectivity index is 2.64. The number of nitrogens with two attached hydrogens (primary N) is 1. The van der Waals surface area contributed by atoms with Gasteiger partial charge in [-0.25, -0.2) is 4.68 Å². The van der Waals surface area contributed by atoms with Gasteiger partial charge < -0.3 is 10.5 Å². The molecule has 0 aliphatic rings. The molecule has 1 aromatic carbocycles. The number of rotatable bonds is 2. The van der Waals surface area contributed by atoms with Crippen molar-refractivity contribution in [2.45, 2.75) is 0 Å². The maximum Gasteiger partial charge on any atom is 0.294 e. The number of aromatic nitrogens is 2. The minimum Gasteiger partial charge on any atom is -0.494 e. The molecule has 78 valence electrons. The smallest absolute Gasteiger partial charge is 0.294 e. The third-order valence-electron chi connectivity index (χ3n) is 2.13. The number of benzene rings is 1. The van der Waals surface area contributed by atoms with Crippen LogP contribution >= 0.6 is 0 Å². The van der Waals surface area contributed by atoms with Gasteiger partial charge in [0.15, 0.2) is 0 Å². The molecule has 0 saturated heterocycles. The first-order valence-corrected chi connectivity index (χ1v) is 4.43. The lowest BCUT2D eigenvalue weighted by molar-refractivity contribution is 0.411. The van der Waals surface area contributed by atoms with E-state index in [0.717, 1.165) is 0 Å². The number of hydrogen-bond acceptors (Lipinski definition) is 3. The predicted molar refractivity (Wildman–Crippen MR) is 57.4 cm³/mol. The molecular formula is C10H11N3O2. The van der Waals surface area contributed by atoms with E-state index in [1.165, 1.54) is 10.9 Å². The number of aromatic amines is 1. The van der Waals surface area contributed by atoms with E-state index in [2.05, 4.69) is 5.10 Å². The summed E-state index contributed by atoms with van der Waals surface area (Å²) < 4.78 is 6.48. The Morgan fingerprint density at radius 3 is 2.73 bits per heavy atom. The Bertz CT molecular complexity index is 527. The molecule has 3 N–H and O–H groups in total. The normalized spacial score (nSPS) is 10.2. The molecule has 0 saturated carbocycles. The fourth-order valence-electron chi connectivity index (χ4n) is 1.38. The van der Waals surface area contributed by atoms with Crippen LogP contribution in [0.1, 0.15) is 0 Å². The summed E-state index contributed by atoms with van der Waals surface area (Å²) in [7, 11) is 1.55. The van der Waals surface area contributed by atoms with Gasteiger partial charge in [-0.1, -0.05) is 12.1 Å². The van der Waals surface area contributed by atoms with E-state index in [0.29, 0.717) is 11.4 Å². The summed E-state index contributed by atoms with van der Waals surface area (Å²) in [6.07, 6.45) is 1.45. The average molecular weight is 205 g/mol. The zero-order valence-electron chi connectivity index (χ0n) is 8.23. The molecule has 15 heavy (non-hydrogen) atoms. The first-order chi connectivity index (χ1) is 7.24. The number of para-hydroxylation sites is 2. The van der Waals surface area contributed by atoms with Crippen molar-refractivity contribution in [2.75, 3.05) is 12.8 Å². The second kappa shape index (κ2) is 3.53. The largest absolute Gasteiger partial charge is 0.494 e. The van der Waals surface area contributed by atoms with Gasteiger partial charge in [0.05, 0.1) is 7.11 Å². The quantitative estimate of drug-likeness (QED) is 0.760. The maximum absolute atomic E-state index is 11.6. The molecule has 2 aromatic rings. The fraction of sp³-hybridized carbons (Fsp3) is 0.100. The fourth-order valence-corrected chi connectivity index (χ4v) is 1.38. The maximum atomic E-state index is 11.6. The molecule has 1 aromatic heterocycles. The third kappa shape index (κ3) is 1.48. The van der Waals surface area contributed by atoms with Crippen molar-refractivity contribution in [1.29, 1.82) is 0 Å². The summed E-state index contributed by atoms with van der Waals surface area (Å²) in [6.45, 7) is 0. The Hall–Kier alpha value is -2.17. The standard InChI is InChI=1S/C10H11N3O2/c1-15-9-5-3-2-4-8(9)13-10(14)7(11)6-12-13/h2-6,12H,11H2,1H3. The van der Waals surface area contributed by atoms with Gasteiger partial charge in [0.1, 0.15) is 17.1 Å². The van der Waals surface area contributed by atoms with Crippen LogP contribution in [0.4, 0.5) is 5.69 Å². The topological polar surface area (TPSA) is 73.0 Å². The number of ether oxygens (including phenoxy) is 1. The molecule has 0 aliphatic carbocycles. The van der Waals surface area contributed by atoms with Crippen molar-refractivity contribution in [3.8, 4) is 11.4 Å². The monoisotopic (exact) mass is 205 g/mol. The van der Waals surface area contributed by atoms with Crippen LogP contribution in [0, 0.1) is 0 Å². The Morgan fingerprint density at radius 1 is 1.40 bits per heavy atom. The Kier molecular flexibility index (Phi) is 2.21. The number of nitrogens with zero attached hydrogens (tertiary/aromatic N) is 1. The molecule has 0 aliphatic heterocycles. The SMILES string of the molecule is COc1ccccc1-n1[nH]cc(N)c1=O. The van der Waals surface area contributed by atoms with E-state index < -0.39 is 0 Å². The molecule has 2 rings (SSSR count). The molecule has 0 amide bonds. The van der Waals surface area contributed by atoms with Crippen LogP contribution in [-0.2, 0) is 0 Å². The third-order valence-corrected chi connectivity index (χ3v) is 2.13. The molecule has 5 nitrogen and oxygen atoms in total. The molecule has 0 radical (unpaired) electrons. The van der Waals surface area contributed by atoms with E-state index >= 15 is 0 Å². The summed E-state index contributed by atoms with van der Waals surface area (Å²) in [6, 6.07) is 7.20. The Labute approximate surface area is 86.1 Å². The Morgan fingerprint density at radius 2 is 2.13 bits per heavy atom. The predicted octanol–water partition coefficient (Wildman–Crippen LogP) is 0.756. The van der Waals surface area contributed by atoms with E-state index in [9.17, 15) is 4.79 Å². The van der Waals surface area contributed by atoms with E-state index in [1.807, 2.05) is 12.1 Å². The van der Waals surface area contributed by atoms with Gasteiger partial charge in [0.25, 0.3) is 5.56 Å². The van der Waals surface area contributed by atoms with Gasteiger partial charge in [-0.05, 0) is 12.1 Å². The van der Waals surface area contributed by atoms with E-state index in [-0.39, 0.29) is 11.2 Å². The highest BCUT2D eigenvalue weighted by atomic mass is 16.5. The number of methoxy groups -OCH3 is 1. The summed E-state index contributed by atoms with van der Waals surface area (Å²) in [5.74, 6) is 0.612. The molecule has 0 bridgehead atoms. The van der Waals surface area contributed by atoms with Crippen molar-refractivity contribution in [3.63, 3.8) is 0 Å². The summed E-state index contributed by atoms with van der Waals surface area (Å²) in [4.78, 5) is 11.6. The molecule has 0 unspecified atom stereocenters. The zero-order chi connectivity index (χ0) is 10.8. The number of nitrogens with one attached hydrogen (secondary N) is 1. The minimum absolute atomic E-state index is 0.181. The molecule has 1 heterocycles. The minimum atomic E-state index is -0.278. The highest BCUT2D eigenvalue weighted by Gasteiger charge is 2.08. The molecule has 0 spiro atoms. The van der Waals surface area contributed by atoms with Crippen LogP contribution in [0.15, 0.2) is 35.3 Å². The second-order valence-electron chi connectivity index (χ2n) is 3.04. The van der Waals surface area contributed by atoms with Crippen molar-refractivity contribution in [1.82, 2.24) is 9.78 Å². The van der Waals surface area contributed by atoms with E-state index in [4.69, 9.17) is 10.5 Å². The van der Waals surface area contributed by atoms with Gasteiger partial charge in [0.2, 0.25) is 0 Å². The van der Waals surface area contributed by atoms with Crippen LogP contribution in [0.2, 0.25) is 0 Å². The second-order valence-corrected chi connectivity index (χ2v) is 3.04. The number of nitrogen functional groups attached to an aromatic ring is 1. The molecule has 5 heteroatoms. The molecule has 0 fully saturated rings. The highest BCUT2D eigenvalue weighted by molar-refractivity contribution is 5.47. The van der Waals surface area contributed by atoms with Gasteiger partial charge in [0, 0.05) is 6.20 Å². The zero-order valence-corrected chi connectivity index (χ0v) is 8.23.